The second-order valence-corrected chi connectivity index (χ2v) is 7.95. The van der Waals surface area contributed by atoms with Gasteiger partial charge in [0.1, 0.15) is 5.82 Å². The molecule has 2 aliphatic heterocycles. The van der Waals surface area contributed by atoms with E-state index in [1.54, 1.807) is 28.9 Å². The van der Waals surface area contributed by atoms with Gasteiger partial charge in [0.25, 0.3) is 11.5 Å². The Morgan fingerprint density at radius 3 is 2.81 bits per heavy atom. The van der Waals surface area contributed by atoms with Crippen LogP contribution >= 0.6 is 0 Å². The number of nitrogens with zero attached hydrogens (tertiary/aromatic N) is 3. The van der Waals surface area contributed by atoms with Crippen LogP contribution in [-0.4, -0.2) is 50.8 Å². The lowest BCUT2D eigenvalue weighted by Crippen LogP contribution is -2.42. The zero-order chi connectivity index (χ0) is 22.1. The van der Waals surface area contributed by atoms with E-state index in [-0.39, 0.29) is 29.7 Å². The third-order valence-corrected chi connectivity index (χ3v) is 5.88. The zero-order valence-corrected chi connectivity index (χ0v) is 17.6. The molecule has 2 amide bonds. The second kappa shape index (κ2) is 8.49. The Hall–Kier alpha value is -3.23. The molecule has 0 aliphatic carbocycles. The first kappa shape index (κ1) is 21.0. The minimum atomic E-state index is -0.893. The van der Waals surface area contributed by atoms with Crippen molar-refractivity contribution in [1.82, 2.24) is 19.8 Å². The van der Waals surface area contributed by atoms with Gasteiger partial charge in [0.15, 0.2) is 17.7 Å². The van der Waals surface area contributed by atoms with Crippen LogP contribution in [0.25, 0.3) is 0 Å². The topological polar surface area (TPSA) is 95.6 Å². The Kier molecular flexibility index (Phi) is 5.75. The SMILES string of the molecule is CC(=O)N1CCc2c(nc([C@@H]3CCCN3C(=O)[C@@H](C)Oc3ccccc3F)[nH]c2=O)C1. The summed E-state index contributed by atoms with van der Waals surface area (Å²) < 4.78 is 19.5. The van der Waals surface area contributed by atoms with Crippen molar-refractivity contribution in [3.63, 3.8) is 0 Å². The molecule has 2 atom stereocenters. The van der Waals surface area contributed by atoms with Crippen LogP contribution in [0.4, 0.5) is 4.39 Å². The number of carbonyl (C=O) groups excluding carboxylic acids is 2. The lowest BCUT2D eigenvalue weighted by Gasteiger charge is -2.29. The lowest BCUT2D eigenvalue weighted by atomic mass is 10.1. The minimum absolute atomic E-state index is 0.0173. The molecule has 1 N–H and O–H groups in total. The fourth-order valence-corrected chi connectivity index (χ4v) is 4.21. The molecule has 164 valence electrons. The number of halogens is 1. The molecular formula is C22H25FN4O4. The van der Waals surface area contributed by atoms with E-state index in [2.05, 4.69) is 9.97 Å². The number of fused-ring (bicyclic) bond motifs is 1. The van der Waals surface area contributed by atoms with Gasteiger partial charge >= 0.3 is 0 Å². The average molecular weight is 428 g/mol. The number of benzene rings is 1. The van der Waals surface area contributed by atoms with Gasteiger partial charge in [-0.05, 0) is 38.3 Å². The number of rotatable bonds is 4. The molecule has 4 rings (SSSR count). The van der Waals surface area contributed by atoms with E-state index in [0.29, 0.717) is 43.0 Å². The summed E-state index contributed by atoms with van der Waals surface area (Å²) in [5.41, 5.74) is 0.946. The maximum absolute atomic E-state index is 13.9. The van der Waals surface area contributed by atoms with Gasteiger partial charge in [-0.3, -0.25) is 14.4 Å². The van der Waals surface area contributed by atoms with Gasteiger partial charge < -0.3 is 19.5 Å². The molecule has 0 bridgehead atoms. The Morgan fingerprint density at radius 1 is 1.29 bits per heavy atom. The number of carbonyl (C=O) groups is 2. The second-order valence-electron chi connectivity index (χ2n) is 7.95. The summed E-state index contributed by atoms with van der Waals surface area (Å²) in [6.45, 7) is 4.35. The van der Waals surface area contributed by atoms with Gasteiger partial charge in [-0.15, -0.1) is 0 Å². The van der Waals surface area contributed by atoms with Gasteiger partial charge in [0.2, 0.25) is 5.91 Å². The largest absolute Gasteiger partial charge is 0.478 e. The minimum Gasteiger partial charge on any atom is -0.478 e. The van der Waals surface area contributed by atoms with Crippen molar-refractivity contribution in [2.24, 2.45) is 0 Å². The Balaban J connectivity index is 1.56. The molecule has 9 heteroatoms. The van der Waals surface area contributed by atoms with Crippen LogP contribution in [0.2, 0.25) is 0 Å². The summed E-state index contributed by atoms with van der Waals surface area (Å²) in [6.07, 6.45) is 0.966. The number of H-pyrrole nitrogens is 1. The van der Waals surface area contributed by atoms with Crippen LogP contribution < -0.4 is 10.3 Å². The van der Waals surface area contributed by atoms with Crippen molar-refractivity contribution in [3.8, 4) is 5.75 Å². The van der Waals surface area contributed by atoms with Crippen LogP contribution in [0.1, 0.15) is 49.8 Å². The average Bonchev–Trinajstić information content (AvgIpc) is 3.24. The Labute approximate surface area is 179 Å². The number of hydrogen-bond donors (Lipinski definition) is 1. The summed E-state index contributed by atoms with van der Waals surface area (Å²) in [4.78, 5) is 48.2. The van der Waals surface area contributed by atoms with E-state index in [1.807, 2.05) is 0 Å². The summed E-state index contributed by atoms with van der Waals surface area (Å²) in [5.74, 6) is -0.458. The third-order valence-electron chi connectivity index (χ3n) is 5.88. The van der Waals surface area contributed by atoms with Crippen molar-refractivity contribution in [2.75, 3.05) is 13.1 Å². The molecule has 0 radical (unpaired) electrons. The highest BCUT2D eigenvalue weighted by molar-refractivity contribution is 5.81. The molecule has 1 saturated heterocycles. The molecule has 0 saturated carbocycles. The highest BCUT2D eigenvalue weighted by atomic mass is 19.1. The van der Waals surface area contributed by atoms with Gasteiger partial charge in [-0.1, -0.05) is 12.1 Å². The van der Waals surface area contributed by atoms with Crippen LogP contribution in [0.5, 0.6) is 5.75 Å². The maximum atomic E-state index is 13.9. The van der Waals surface area contributed by atoms with Gasteiger partial charge in [0, 0.05) is 25.6 Å². The van der Waals surface area contributed by atoms with Gasteiger partial charge in [-0.25, -0.2) is 9.37 Å². The molecule has 2 aliphatic rings. The first-order valence-corrected chi connectivity index (χ1v) is 10.4. The van der Waals surface area contributed by atoms with Crippen molar-refractivity contribution < 1.29 is 18.7 Å². The summed E-state index contributed by atoms with van der Waals surface area (Å²) in [5, 5.41) is 0. The highest BCUT2D eigenvalue weighted by Gasteiger charge is 2.36. The standard InChI is InChI=1S/C22H25FN4O4/c1-13(31-19-8-4-3-6-16(19)23)22(30)27-10-5-7-18(27)20-24-17-12-26(14(2)28)11-9-15(17)21(29)25-20/h3-4,6,8,13,18H,5,7,9-12H2,1-2H3,(H,24,25,29)/t13-,18+/m1/s1. The first-order chi connectivity index (χ1) is 14.8. The summed E-state index contributed by atoms with van der Waals surface area (Å²) in [7, 11) is 0. The number of amides is 2. The monoisotopic (exact) mass is 428 g/mol. The number of hydrogen-bond acceptors (Lipinski definition) is 5. The number of aromatic amines is 1. The number of nitrogens with one attached hydrogen (secondary N) is 1. The fourth-order valence-electron chi connectivity index (χ4n) is 4.21. The van der Waals surface area contributed by atoms with Crippen molar-refractivity contribution >= 4 is 11.8 Å². The lowest BCUT2D eigenvalue weighted by molar-refractivity contribution is -0.139. The first-order valence-electron chi connectivity index (χ1n) is 10.4. The fraction of sp³-hybridized carbons (Fsp3) is 0.455. The molecule has 0 spiro atoms. The number of aromatic nitrogens is 2. The van der Waals surface area contributed by atoms with Gasteiger partial charge in [-0.2, -0.15) is 0 Å². The van der Waals surface area contributed by atoms with Crippen LogP contribution in [0.3, 0.4) is 0 Å². The summed E-state index contributed by atoms with van der Waals surface area (Å²) in [6, 6.07) is 5.54. The van der Waals surface area contributed by atoms with Crippen molar-refractivity contribution in [1.29, 1.82) is 0 Å². The smallest absolute Gasteiger partial charge is 0.263 e. The predicted molar refractivity (Wildman–Crippen MR) is 110 cm³/mol. The zero-order valence-electron chi connectivity index (χ0n) is 17.6. The van der Waals surface area contributed by atoms with Crippen LogP contribution in [0.15, 0.2) is 29.1 Å². The molecule has 8 nitrogen and oxygen atoms in total. The van der Waals surface area contributed by atoms with Crippen molar-refractivity contribution in [3.05, 3.63) is 57.5 Å². The quantitative estimate of drug-likeness (QED) is 0.803. The Bertz CT molecular complexity index is 1070. The van der Waals surface area contributed by atoms with E-state index in [4.69, 9.17) is 4.74 Å². The molecule has 31 heavy (non-hydrogen) atoms. The molecule has 1 aromatic carbocycles. The molecule has 1 aromatic heterocycles. The van der Waals surface area contributed by atoms with E-state index < -0.39 is 18.0 Å². The van der Waals surface area contributed by atoms with Crippen molar-refractivity contribution in [2.45, 2.75) is 51.8 Å². The maximum Gasteiger partial charge on any atom is 0.263 e. The third kappa shape index (κ3) is 4.17. The number of likely N-dealkylation sites (tertiary alicyclic amines) is 1. The van der Waals surface area contributed by atoms with E-state index >= 15 is 0 Å². The summed E-state index contributed by atoms with van der Waals surface area (Å²) >= 11 is 0. The molecule has 3 heterocycles. The molecule has 1 fully saturated rings. The number of para-hydroxylation sites is 1. The van der Waals surface area contributed by atoms with E-state index in [1.165, 1.54) is 19.1 Å². The molecular weight excluding hydrogens is 403 g/mol. The van der Waals surface area contributed by atoms with Crippen LogP contribution in [-0.2, 0) is 22.6 Å². The van der Waals surface area contributed by atoms with E-state index in [9.17, 15) is 18.8 Å². The van der Waals surface area contributed by atoms with Gasteiger partial charge in [0.05, 0.1) is 18.3 Å². The molecule has 0 unspecified atom stereocenters. The highest BCUT2D eigenvalue weighted by Crippen LogP contribution is 2.31. The van der Waals surface area contributed by atoms with E-state index in [0.717, 1.165) is 6.42 Å². The number of ether oxygens (including phenoxy) is 1. The Morgan fingerprint density at radius 2 is 2.06 bits per heavy atom. The van der Waals surface area contributed by atoms with Crippen LogP contribution in [0, 0.1) is 5.82 Å². The predicted octanol–water partition coefficient (Wildman–Crippen LogP) is 1.94. The molecule has 2 aromatic rings. The normalized spacial score (nSPS) is 19.1.